The van der Waals surface area contributed by atoms with E-state index in [4.69, 9.17) is 9.15 Å². The van der Waals surface area contributed by atoms with Crippen LogP contribution in [-0.2, 0) is 11.3 Å². The fourth-order valence-corrected chi connectivity index (χ4v) is 4.66. The van der Waals surface area contributed by atoms with Gasteiger partial charge in [0.15, 0.2) is 11.5 Å². The number of thioether (sulfide) groups is 1. The predicted octanol–water partition coefficient (Wildman–Crippen LogP) is 3.21. The predicted molar refractivity (Wildman–Crippen MR) is 103 cm³/mol. The molecule has 1 aromatic heterocycles. The van der Waals surface area contributed by atoms with Crippen LogP contribution in [0, 0.1) is 11.3 Å². The zero-order valence-electron chi connectivity index (χ0n) is 15.3. The standard InChI is InChI=1S/C20H19N3O4S/c1-26-18-7-13(4-5-17(18)24)15-8-19(25)23-11-22(10-14-3-2-6-27-14)12-28-20(23)16(15)9-21/h2-7,15,24H,8,10-12H2,1H3/t15-/m0/s1. The van der Waals surface area contributed by atoms with Gasteiger partial charge in [-0.1, -0.05) is 17.8 Å². The van der Waals surface area contributed by atoms with E-state index in [0.29, 0.717) is 35.4 Å². The smallest absolute Gasteiger partial charge is 0.229 e. The van der Waals surface area contributed by atoms with Crippen molar-refractivity contribution < 1.29 is 19.1 Å². The van der Waals surface area contributed by atoms with Crippen molar-refractivity contribution in [3.63, 3.8) is 0 Å². The molecule has 1 atom stereocenters. The number of ether oxygens (including phenoxy) is 1. The van der Waals surface area contributed by atoms with Gasteiger partial charge in [0, 0.05) is 12.3 Å². The molecule has 2 aliphatic rings. The summed E-state index contributed by atoms with van der Waals surface area (Å²) in [5, 5.41) is 20.4. The van der Waals surface area contributed by atoms with Gasteiger partial charge in [-0.05, 0) is 29.8 Å². The van der Waals surface area contributed by atoms with Gasteiger partial charge in [0.1, 0.15) is 5.76 Å². The molecule has 144 valence electrons. The largest absolute Gasteiger partial charge is 0.504 e. The lowest BCUT2D eigenvalue weighted by molar-refractivity contribution is -0.132. The number of benzene rings is 1. The Kier molecular flexibility index (Phi) is 5.03. The molecule has 1 aromatic carbocycles. The minimum absolute atomic E-state index is 0.0253. The average Bonchev–Trinajstić information content (AvgIpc) is 3.21. The van der Waals surface area contributed by atoms with Crippen molar-refractivity contribution in [3.8, 4) is 17.6 Å². The number of methoxy groups -OCH3 is 1. The Morgan fingerprint density at radius 2 is 2.29 bits per heavy atom. The number of phenolic OH excluding ortho intramolecular Hbond substituents is 1. The van der Waals surface area contributed by atoms with Crippen LogP contribution in [0.4, 0.5) is 0 Å². The Morgan fingerprint density at radius 1 is 1.43 bits per heavy atom. The maximum Gasteiger partial charge on any atom is 0.229 e. The second-order valence-electron chi connectivity index (χ2n) is 6.66. The van der Waals surface area contributed by atoms with Gasteiger partial charge < -0.3 is 14.3 Å². The van der Waals surface area contributed by atoms with Crippen molar-refractivity contribution in [3.05, 3.63) is 58.5 Å². The first kappa shape index (κ1) is 18.5. The second-order valence-corrected chi connectivity index (χ2v) is 7.60. The molecule has 2 aromatic rings. The summed E-state index contributed by atoms with van der Waals surface area (Å²) in [6.07, 6.45) is 1.84. The number of carbonyl (C=O) groups is 1. The van der Waals surface area contributed by atoms with E-state index in [2.05, 4.69) is 11.0 Å². The van der Waals surface area contributed by atoms with E-state index in [1.807, 2.05) is 12.1 Å². The summed E-state index contributed by atoms with van der Waals surface area (Å²) >= 11 is 1.49. The number of nitrogens with zero attached hydrogens (tertiary/aromatic N) is 3. The number of phenols is 1. The molecular weight excluding hydrogens is 378 g/mol. The van der Waals surface area contributed by atoms with Crippen molar-refractivity contribution in [1.29, 1.82) is 5.26 Å². The summed E-state index contributed by atoms with van der Waals surface area (Å²) in [5.74, 6) is 1.49. The highest BCUT2D eigenvalue weighted by Gasteiger charge is 2.38. The van der Waals surface area contributed by atoms with Gasteiger partial charge in [-0.2, -0.15) is 5.26 Å². The van der Waals surface area contributed by atoms with E-state index in [1.165, 1.54) is 24.9 Å². The maximum absolute atomic E-state index is 12.9. The molecule has 3 heterocycles. The van der Waals surface area contributed by atoms with Gasteiger partial charge in [0.05, 0.1) is 49.1 Å². The molecule has 0 unspecified atom stereocenters. The molecule has 28 heavy (non-hydrogen) atoms. The van der Waals surface area contributed by atoms with Gasteiger partial charge in [-0.25, -0.2) is 0 Å². The molecule has 0 bridgehead atoms. The average molecular weight is 397 g/mol. The van der Waals surface area contributed by atoms with Crippen LogP contribution in [-0.4, -0.2) is 40.5 Å². The zero-order chi connectivity index (χ0) is 19.7. The summed E-state index contributed by atoms with van der Waals surface area (Å²) < 4.78 is 10.6. The van der Waals surface area contributed by atoms with Gasteiger partial charge in [0.25, 0.3) is 0 Å². The van der Waals surface area contributed by atoms with Crippen LogP contribution in [0.25, 0.3) is 0 Å². The molecule has 7 nitrogen and oxygen atoms in total. The topological polar surface area (TPSA) is 89.9 Å². The molecule has 4 rings (SSSR count). The molecule has 0 radical (unpaired) electrons. The van der Waals surface area contributed by atoms with Crippen molar-refractivity contribution in [2.45, 2.75) is 18.9 Å². The SMILES string of the molecule is COc1cc([C@@H]2CC(=O)N3CN(Cc4ccco4)CSC3=C2C#N)ccc1O. The Balaban J connectivity index is 1.62. The molecule has 1 N–H and O–H groups in total. The third kappa shape index (κ3) is 3.35. The van der Waals surface area contributed by atoms with Gasteiger partial charge >= 0.3 is 0 Å². The van der Waals surface area contributed by atoms with Crippen molar-refractivity contribution in [2.24, 2.45) is 0 Å². The fourth-order valence-electron chi connectivity index (χ4n) is 3.53. The van der Waals surface area contributed by atoms with Crippen LogP contribution >= 0.6 is 11.8 Å². The summed E-state index contributed by atoms with van der Waals surface area (Å²) in [6, 6.07) is 11.0. The van der Waals surface area contributed by atoms with Crippen LogP contribution in [0.1, 0.15) is 23.7 Å². The minimum atomic E-state index is -0.345. The zero-order valence-corrected chi connectivity index (χ0v) is 16.1. The molecule has 1 saturated heterocycles. The minimum Gasteiger partial charge on any atom is -0.504 e. The van der Waals surface area contributed by atoms with Crippen molar-refractivity contribution in [2.75, 3.05) is 19.7 Å². The molecule has 0 aliphatic carbocycles. The van der Waals surface area contributed by atoms with E-state index in [0.717, 1.165) is 11.3 Å². The molecule has 0 saturated carbocycles. The number of hydrogen-bond donors (Lipinski definition) is 1. The Labute approximate surface area is 166 Å². The lowest BCUT2D eigenvalue weighted by Crippen LogP contribution is -2.46. The van der Waals surface area contributed by atoms with E-state index >= 15 is 0 Å². The number of fused-ring (bicyclic) bond motifs is 1. The van der Waals surface area contributed by atoms with Gasteiger partial charge in [-0.15, -0.1) is 0 Å². The number of amides is 1. The monoisotopic (exact) mass is 397 g/mol. The first-order valence-electron chi connectivity index (χ1n) is 8.79. The number of furan rings is 1. The number of allylic oxidation sites excluding steroid dienone is 1. The summed E-state index contributed by atoms with van der Waals surface area (Å²) in [6.45, 7) is 1.04. The Hall–Kier alpha value is -2.89. The molecule has 0 spiro atoms. The van der Waals surface area contributed by atoms with Crippen LogP contribution < -0.4 is 4.74 Å². The summed E-state index contributed by atoms with van der Waals surface area (Å²) in [7, 11) is 1.47. The first-order valence-corrected chi connectivity index (χ1v) is 9.78. The Morgan fingerprint density at radius 3 is 3.00 bits per heavy atom. The highest BCUT2D eigenvalue weighted by molar-refractivity contribution is 8.03. The van der Waals surface area contributed by atoms with Gasteiger partial charge in [0.2, 0.25) is 5.91 Å². The van der Waals surface area contributed by atoms with Crippen LogP contribution in [0.5, 0.6) is 11.5 Å². The van der Waals surface area contributed by atoms with Gasteiger partial charge in [-0.3, -0.25) is 14.6 Å². The normalized spacial score (nSPS) is 20.1. The van der Waals surface area contributed by atoms with Crippen LogP contribution in [0.15, 0.2) is 51.6 Å². The Bertz CT molecular complexity index is 964. The lowest BCUT2D eigenvalue weighted by atomic mass is 9.86. The number of rotatable bonds is 4. The summed E-state index contributed by atoms with van der Waals surface area (Å²) in [5.41, 5.74) is 1.36. The molecule has 1 fully saturated rings. The first-order chi connectivity index (χ1) is 13.6. The number of hydrogen-bond acceptors (Lipinski definition) is 7. The molecule has 2 aliphatic heterocycles. The third-order valence-electron chi connectivity index (χ3n) is 4.92. The van der Waals surface area contributed by atoms with Crippen LogP contribution in [0.2, 0.25) is 0 Å². The lowest BCUT2D eigenvalue weighted by Gasteiger charge is -2.41. The second kappa shape index (κ2) is 7.62. The van der Waals surface area contributed by atoms with E-state index in [-0.39, 0.29) is 24.0 Å². The third-order valence-corrected chi connectivity index (χ3v) is 6.12. The maximum atomic E-state index is 12.9. The number of carbonyl (C=O) groups excluding carboxylic acids is 1. The molecule has 8 heteroatoms. The highest BCUT2D eigenvalue weighted by Crippen LogP contribution is 2.44. The molecule has 1 amide bonds. The van der Waals surface area contributed by atoms with E-state index < -0.39 is 0 Å². The highest BCUT2D eigenvalue weighted by atomic mass is 32.2. The van der Waals surface area contributed by atoms with Crippen LogP contribution in [0.3, 0.4) is 0 Å². The van der Waals surface area contributed by atoms with E-state index in [1.54, 1.807) is 23.3 Å². The number of aromatic hydroxyl groups is 1. The van der Waals surface area contributed by atoms with Crippen molar-refractivity contribution >= 4 is 17.7 Å². The summed E-state index contributed by atoms with van der Waals surface area (Å²) in [4.78, 5) is 16.7. The molecular formula is C20H19N3O4S. The van der Waals surface area contributed by atoms with E-state index in [9.17, 15) is 15.2 Å². The quantitative estimate of drug-likeness (QED) is 0.847. The van der Waals surface area contributed by atoms with Crippen molar-refractivity contribution in [1.82, 2.24) is 9.80 Å². The number of nitriles is 1. The fraction of sp³-hybridized carbons (Fsp3) is 0.300.